The fraction of sp³-hybridized carbons (Fsp3) is 0.667. The molecule has 1 fully saturated rings. The summed E-state index contributed by atoms with van der Waals surface area (Å²) in [7, 11) is 0. The van der Waals surface area contributed by atoms with Gasteiger partial charge in [-0.15, -0.1) is 0 Å². The van der Waals surface area contributed by atoms with Crippen molar-refractivity contribution in [3.05, 3.63) is 0 Å². The lowest BCUT2D eigenvalue weighted by Crippen LogP contribution is -2.34. The van der Waals surface area contributed by atoms with E-state index in [-0.39, 0.29) is 17.6 Å². The lowest BCUT2D eigenvalue weighted by atomic mass is 10.1. The predicted molar refractivity (Wildman–Crippen MR) is 34.7 cm³/mol. The second-order valence-electron chi connectivity index (χ2n) is 2.49. The standard InChI is InChI=1S/C6H10N2O2/c7-8-6(10)4-1-2-5(9)3-4/h4H,1-3,7H2,(H,8,10)/t4-/m0/s1. The van der Waals surface area contributed by atoms with E-state index in [0.29, 0.717) is 19.3 Å². The van der Waals surface area contributed by atoms with Crippen molar-refractivity contribution in [3.63, 3.8) is 0 Å². The van der Waals surface area contributed by atoms with Gasteiger partial charge in [0, 0.05) is 18.8 Å². The molecule has 0 unspecified atom stereocenters. The average Bonchev–Trinajstić information content (AvgIpc) is 2.34. The van der Waals surface area contributed by atoms with Crippen molar-refractivity contribution in [3.8, 4) is 0 Å². The van der Waals surface area contributed by atoms with Crippen LogP contribution in [0.15, 0.2) is 0 Å². The van der Waals surface area contributed by atoms with E-state index in [1.165, 1.54) is 0 Å². The van der Waals surface area contributed by atoms with Gasteiger partial charge in [0.15, 0.2) is 0 Å². The molecule has 3 N–H and O–H groups in total. The maximum Gasteiger partial charge on any atom is 0.237 e. The fourth-order valence-electron chi connectivity index (χ4n) is 1.16. The molecule has 1 aliphatic rings. The van der Waals surface area contributed by atoms with Gasteiger partial charge in [0.25, 0.3) is 0 Å². The number of hydrazine groups is 1. The fourth-order valence-corrected chi connectivity index (χ4v) is 1.16. The number of amides is 1. The lowest BCUT2D eigenvalue weighted by molar-refractivity contribution is -0.126. The summed E-state index contributed by atoms with van der Waals surface area (Å²) >= 11 is 0. The zero-order valence-corrected chi connectivity index (χ0v) is 5.59. The van der Waals surface area contributed by atoms with Gasteiger partial charge in [0.2, 0.25) is 5.91 Å². The van der Waals surface area contributed by atoms with Gasteiger partial charge in [-0.3, -0.25) is 15.0 Å². The van der Waals surface area contributed by atoms with Crippen LogP contribution in [0.25, 0.3) is 0 Å². The Bertz CT molecular complexity index is 167. The second-order valence-corrected chi connectivity index (χ2v) is 2.49. The van der Waals surface area contributed by atoms with Crippen LogP contribution in [0, 0.1) is 5.92 Å². The number of hydrogen-bond donors (Lipinski definition) is 2. The molecule has 0 bridgehead atoms. The molecular weight excluding hydrogens is 132 g/mol. The van der Waals surface area contributed by atoms with Crippen LogP contribution in [0.3, 0.4) is 0 Å². The van der Waals surface area contributed by atoms with Gasteiger partial charge in [-0.1, -0.05) is 0 Å². The third kappa shape index (κ3) is 1.33. The molecule has 1 amide bonds. The average molecular weight is 142 g/mol. The number of nitrogens with two attached hydrogens (primary N) is 1. The van der Waals surface area contributed by atoms with Crippen LogP contribution in [0.2, 0.25) is 0 Å². The SMILES string of the molecule is NNC(=O)[C@H]1CCC(=O)C1. The Kier molecular flexibility index (Phi) is 2.01. The molecule has 0 spiro atoms. The monoisotopic (exact) mass is 142 g/mol. The number of ketones is 1. The Balaban J connectivity index is 2.44. The van der Waals surface area contributed by atoms with Crippen molar-refractivity contribution in [2.24, 2.45) is 11.8 Å². The van der Waals surface area contributed by atoms with Crippen molar-refractivity contribution < 1.29 is 9.59 Å². The molecule has 1 rings (SSSR count). The first-order chi connectivity index (χ1) is 4.74. The smallest absolute Gasteiger partial charge is 0.237 e. The Morgan fingerprint density at radius 1 is 1.70 bits per heavy atom. The highest BCUT2D eigenvalue weighted by Crippen LogP contribution is 2.21. The summed E-state index contributed by atoms with van der Waals surface area (Å²) in [4.78, 5) is 21.4. The molecule has 4 heteroatoms. The van der Waals surface area contributed by atoms with Crippen LogP contribution in [-0.2, 0) is 9.59 Å². The molecule has 4 nitrogen and oxygen atoms in total. The van der Waals surface area contributed by atoms with E-state index in [4.69, 9.17) is 5.84 Å². The summed E-state index contributed by atoms with van der Waals surface area (Å²) in [5.74, 6) is 4.66. The van der Waals surface area contributed by atoms with Gasteiger partial charge in [-0.05, 0) is 6.42 Å². The number of hydrogen-bond acceptors (Lipinski definition) is 3. The summed E-state index contributed by atoms with van der Waals surface area (Å²) in [5, 5.41) is 0. The first-order valence-corrected chi connectivity index (χ1v) is 3.26. The highest BCUT2D eigenvalue weighted by molar-refractivity contribution is 5.89. The van der Waals surface area contributed by atoms with Crippen LogP contribution < -0.4 is 11.3 Å². The minimum atomic E-state index is -0.217. The van der Waals surface area contributed by atoms with Gasteiger partial charge in [0.05, 0.1) is 0 Å². The van der Waals surface area contributed by atoms with E-state index in [0.717, 1.165) is 0 Å². The summed E-state index contributed by atoms with van der Waals surface area (Å²) in [6, 6.07) is 0. The van der Waals surface area contributed by atoms with Crippen molar-refractivity contribution in [1.82, 2.24) is 5.43 Å². The highest BCUT2D eigenvalue weighted by Gasteiger charge is 2.27. The highest BCUT2D eigenvalue weighted by atomic mass is 16.2. The summed E-state index contributed by atoms with van der Waals surface area (Å²) in [6.07, 6.45) is 1.54. The van der Waals surface area contributed by atoms with E-state index < -0.39 is 0 Å². The van der Waals surface area contributed by atoms with E-state index >= 15 is 0 Å². The first-order valence-electron chi connectivity index (χ1n) is 3.26. The summed E-state index contributed by atoms with van der Waals surface area (Å²) in [5.41, 5.74) is 2.04. The number of nitrogens with one attached hydrogen (secondary N) is 1. The Labute approximate surface area is 58.7 Å². The largest absolute Gasteiger partial charge is 0.300 e. The van der Waals surface area contributed by atoms with Gasteiger partial charge < -0.3 is 0 Å². The van der Waals surface area contributed by atoms with Crippen molar-refractivity contribution >= 4 is 11.7 Å². The molecule has 10 heavy (non-hydrogen) atoms. The number of carbonyl (C=O) groups is 2. The van der Waals surface area contributed by atoms with Crippen molar-refractivity contribution in [2.75, 3.05) is 0 Å². The quantitative estimate of drug-likeness (QED) is 0.290. The molecule has 0 radical (unpaired) electrons. The Morgan fingerprint density at radius 2 is 2.40 bits per heavy atom. The molecule has 0 aliphatic heterocycles. The van der Waals surface area contributed by atoms with E-state index in [9.17, 15) is 9.59 Å². The van der Waals surface area contributed by atoms with Crippen LogP contribution in [0.5, 0.6) is 0 Å². The molecule has 0 aromatic heterocycles. The Morgan fingerprint density at radius 3 is 2.80 bits per heavy atom. The maximum absolute atomic E-state index is 10.8. The van der Waals surface area contributed by atoms with E-state index in [1.807, 2.05) is 5.43 Å². The summed E-state index contributed by atoms with van der Waals surface area (Å²) in [6.45, 7) is 0. The topological polar surface area (TPSA) is 72.2 Å². The molecule has 1 saturated carbocycles. The molecule has 0 heterocycles. The van der Waals surface area contributed by atoms with Crippen molar-refractivity contribution in [2.45, 2.75) is 19.3 Å². The normalized spacial score (nSPS) is 24.9. The molecule has 56 valence electrons. The minimum Gasteiger partial charge on any atom is -0.300 e. The third-order valence-electron chi connectivity index (χ3n) is 1.76. The van der Waals surface area contributed by atoms with E-state index in [1.54, 1.807) is 0 Å². The van der Waals surface area contributed by atoms with Gasteiger partial charge >= 0.3 is 0 Å². The first kappa shape index (κ1) is 7.21. The third-order valence-corrected chi connectivity index (χ3v) is 1.76. The number of rotatable bonds is 1. The van der Waals surface area contributed by atoms with Crippen LogP contribution >= 0.6 is 0 Å². The van der Waals surface area contributed by atoms with Crippen LogP contribution in [-0.4, -0.2) is 11.7 Å². The zero-order chi connectivity index (χ0) is 7.56. The Hall–Kier alpha value is -0.900. The molecule has 1 aliphatic carbocycles. The maximum atomic E-state index is 10.8. The molecular formula is C6H10N2O2. The molecule has 0 aromatic rings. The van der Waals surface area contributed by atoms with Crippen LogP contribution in [0.1, 0.15) is 19.3 Å². The number of carbonyl (C=O) groups excluding carboxylic acids is 2. The predicted octanol–water partition coefficient (Wildman–Crippen LogP) is -0.655. The molecule has 1 atom stereocenters. The lowest BCUT2D eigenvalue weighted by Gasteiger charge is -2.03. The van der Waals surface area contributed by atoms with Gasteiger partial charge in [0.1, 0.15) is 5.78 Å². The summed E-state index contributed by atoms with van der Waals surface area (Å²) < 4.78 is 0. The van der Waals surface area contributed by atoms with Gasteiger partial charge in [-0.25, -0.2) is 5.84 Å². The zero-order valence-electron chi connectivity index (χ0n) is 5.59. The molecule has 0 aromatic carbocycles. The molecule has 0 saturated heterocycles. The van der Waals surface area contributed by atoms with Crippen molar-refractivity contribution in [1.29, 1.82) is 0 Å². The minimum absolute atomic E-state index is 0.161. The van der Waals surface area contributed by atoms with E-state index in [2.05, 4.69) is 0 Å². The van der Waals surface area contributed by atoms with Crippen LogP contribution in [0.4, 0.5) is 0 Å². The van der Waals surface area contributed by atoms with Gasteiger partial charge in [-0.2, -0.15) is 0 Å². The second kappa shape index (κ2) is 2.79. The number of Topliss-reactive ketones (excluding diaryl/α,β-unsaturated/α-hetero) is 1.